The highest BCUT2D eigenvalue weighted by Gasteiger charge is 2.39. The van der Waals surface area contributed by atoms with Crippen LogP contribution in [0.3, 0.4) is 0 Å². The van der Waals surface area contributed by atoms with Gasteiger partial charge in [-0.05, 0) is 18.4 Å². The van der Waals surface area contributed by atoms with Crippen LogP contribution >= 0.6 is 0 Å². The van der Waals surface area contributed by atoms with Crippen LogP contribution in [-0.4, -0.2) is 72.5 Å². The molecule has 1 aliphatic heterocycles. The van der Waals surface area contributed by atoms with Gasteiger partial charge in [0.25, 0.3) is 0 Å². The number of ether oxygens (including phenoxy) is 1. The van der Waals surface area contributed by atoms with E-state index in [1.807, 2.05) is 30.3 Å². The highest BCUT2D eigenvalue weighted by atomic mass is 16.5. The van der Waals surface area contributed by atoms with Gasteiger partial charge >= 0.3 is 6.03 Å². The molecule has 150 valence electrons. The molecule has 2 aliphatic rings. The molecule has 6 nitrogen and oxygen atoms in total. The van der Waals surface area contributed by atoms with Crippen molar-refractivity contribution in [1.29, 1.82) is 0 Å². The van der Waals surface area contributed by atoms with Crippen LogP contribution in [0.15, 0.2) is 30.3 Å². The van der Waals surface area contributed by atoms with Crippen LogP contribution in [-0.2, 0) is 11.3 Å². The Labute approximate surface area is 162 Å². The fourth-order valence-corrected chi connectivity index (χ4v) is 4.38. The van der Waals surface area contributed by atoms with Gasteiger partial charge in [-0.15, -0.1) is 0 Å². The first-order valence-electron chi connectivity index (χ1n) is 10.2. The van der Waals surface area contributed by atoms with E-state index in [0.717, 1.165) is 44.7 Å². The molecule has 27 heavy (non-hydrogen) atoms. The molecule has 2 fully saturated rings. The van der Waals surface area contributed by atoms with Gasteiger partial charge in [0.1, 0.15) is 0 Å². The number of nitrogens with zero attached hydrogens (tertiary/aromatic N) is 2. The maximum Gasteiger partial charge on any atom is 0.317 e. The average molecular weight is 376 g/mol. The molecule has 3 rings (SSSR count). The lowest BCUT2D eigenvalue weighted by atomic mass is 9.80. The van der Waals surface area contributed by atoms with Crippen LogP contribution in [0.1, 0.15) is 37.7 Å². The van der Waals surface area contributed by atoms with Gasteiger partial charge < -0.3 is 20.1 Å². The fraction of sp³-hybridized carbons (Fsp3) is 0.667. The molecular weight excluding hydrogens is 342 g/mol. The summed E-state index contributed by atoms with van der Waals surface area (Å²) in [7, 11) is 0. The van der Waals surface area contributed by atoms with E-state index in [2.05, 4.69) is 10.2 Å². The predicted molar refractivity (Wildman–Crippen MR) is 106 cm³/mol. The lowest BCUT2D eigenvalue weighted by molar-refractivity contribution is -0.0361. The Kier molecular flexibility index (Phi) is 7.50. The van der Waals surface area contributed by atoms with E-state index in [-0.39, 0.29) is 18.2 Å². The summed E-state index contributed by atoms with van der Waals surface area (Å²) >= 11 is 0. The second-order valence-electron chi connectivity index (χ2n) is 7.67. The Morgan fingerprint density at radius 1 is 1.15 bits per heavy atom. The van der Waals surface area contributed by atoms with Gasteiger partial charge in [-0.1, -0.05) is 49.6 Å². The van der Waals surface area contributed by atoms with E-state index in [1.165, 1.54) is 19.3 Å². The summed E-state index contributed by atoms with van der Waals surface area (Å²) in [6.07, 6.45) is 5.98. The number of urea groups is 1. The Hall–Kier alpha value is -1.63. The molecule has 1 saturated heterocycles. The van der Waals surface area contributed by atoms with E-state index in [0.29, 0.717) is 19.6 Å². The molecule has 1 aliphatic carbocycles. The van der Waals surface area contributed by atoms with Crippen LogP contribution in [0.4, 0.5) is 4.79 Å². The van der Waals surface area contributed by atoms with Crippen LogP contribution in [0, 0.1) is 0 Å². The highest BCUT2D eigenvalue weighted by molar-refractivity contribution is 5.74. The zero-order valence-electron chi connectivity index (χ0n) is 16.2. The van der Waals surface area contributed by atoms with E-state index in [1.54, 1.807) is 4.90 Å². The molecule has 1 aromatic carbocycles. The zero-order valence-corrected chi connectivity index (χ0v) is 16.2. The van der Waals surface area contributed by atoms with Crippen LogP contribution in [0.25, 0.3) is 0 Å². The van der Waals surface area contributed by atoms with E-state index in [9.17, 15) is 9.90 Å². The monoisotopic (exact) mass is 375 g/mol. The second-order valence-corrected chi connectivity index (χ2v) is 7.67. The molecule has 0 aromatic heterocycles. The van der Waals surface area contributed by atoms with Crippen molar-refractivity contribution in [2.45, 2.75) is 44.2 Å². The highest BCUT2D eigenvalue weighted by Crippen LogP contribution is 2.33. The largest absolute Gasteiger partial charge is 0.395 e. The molecule has 2 amide bonds. The van der Waals surface area contributed by atoms with Crippen LogP contribution in [0.2, 0.25) is 0 Å². The van der Waals surface area contributed by atoms with E-state index < -0.39 is 0 Å². The molecule has 1 saturated carbocycles. The number of nitrogens with one attached hydrogen (secondary N) is 1. The molecule has 0 spiro atoms. The maximum absolute atomic E-state index is 12.9. The van der Waals surface area contributed by atoms with Crippen molar-refractivity contribution in [3.63, 3.8) is 0 Å². The predicted octanol–water partition coefficient (Wildman–Crippen LogP) is 2.23. The summed E-state index contributed by atoms with van der Waals surface area (Å²) in [5, 5.41) is 12.6. The third kappa shape index (κ3) is 5.43. The van der Waals surface area contributed by atoms with Crippen molar-refractivity contribution in [2.75, 3.05) is 46.0 Å². The topological polar surface area (TPSA) is 65.0 Å². The number of aliphatic hydroxyl groups is 1. The second kappa shape index (κ2) is 10.1. The molecule has 0 radical (unpaired) electrons. The van der Waals surface area contributed by atoms with Gasteiger partial charge in [-0.25, -0.2) is 4.79 Å². The summed E-state index contributed by atoms with van der Waals surface area (Å²) in [6.45, 7) is 4.93. The minimum absolute atomic E-state index is 0.0329. The van der Waals surface area contributed by atoms with Crippen molar-refractivity contribution >= 4 is 6.03 Å². The first-order valence-corrected chi connectivity index (χ1v) is 10.2. The van der Waals surface area contributed by atoms with Crippen molar-refractivity contribution in [3.05, 3.63) is 35.9 Å². The van der Waals surface area contributed by atoms with Crippen molar-refractivity contribution in [2.24, 2.45) is 0 Å². The number of rotatable bonds is 7. The number of hydrogen-bond donors (Lipinski definition) is 2. The van der Waals surface area contributed by atoms with Gasteiger partial charge in [0.05, 0.1) is 19.8 Å². The number of aliphatic hydroxyl groups excluding tert-OH is 1. The molecule has 0 bridgehead atoms. The molecule has 1 heterocycles. The summed E-state index contributed by atoms with van der Waals surface area (Å²) in [6, 6.07) is 9.84. The number of benzene rings is 1. The van der Waals surface area contributed by atoms with Crippen LogP contribution < -0.4 is 5.32 Å². The van der Waals surface area contributed by atoms with Crippen molar-refractivity contribution in [1.82, 2.24) is 15.1 Å². The Morgan fingerprint density at radius 2 is 1.85 bits per heavy atom. The molecule has 2 N–H and O–H groups in total. The third-order valence-electron chi connectivity index (χ3n) is 5.91. The number of carbonyl (C=O) groups is 1. The first kappa shape index (κ1) is 20.1. The SMILES string of the molecule is O=C(NCC1(N2CCOCC2)CCCCC1)N(CCO)Cc1ccccc1. The Bertz CT molecular complexity index is 569. The third-order valence-corrected chi connectivity index (χ3v) is 5.91. The minimum Gasteiger partial charge on any atom is -0.395 e. The number of carbonyl (C=O) groups excluding carboxylic acids is 1. The van der Waals surface area contributed by atoms with Crippen molar-refractivity contribution in [3.8, 4) is 0 Å². The van der Waals surface area contributed by atoms with Gasteiger partial charge in [0.15, 0.2) is 0 Å². The molecular formula is C21H33N3O3. The normalized spacial score (nSPS) is 20.2. The molecule has 1 aromatic rings. The van der Waals surface area contributed by atoms with E-state index >= 15 is 0 Å². The van der Waals surface area contributed by atoms with Gasteiger partial charge in [0, 0.05) is 38.3 Å². The zero-order chi connectivity index (χ0) is 19.0. The van der Waals surface area contributed by atoms with Gasteiger partial charge in [0.2, 0.25) is 0 Å². The summed E-state index contributed by atoms with van der Waals surface area (Å²) in [5.41, 5.74) is 1.12. The fourth-order valence-electron chi connectivity index (χ4n) is 4.38. The number of morpholine rings is 1. The maximum atomic E-state index is 12.9. The summed E-state index contributed by atoms with van der Waals surface area (Å²) in [5.74, 6) is 0. The molecule has 6 heteroatoms. The number of hydrogen-bond acceptors (Lipinski definition) is 4. The number of amides is 2. The Balaban J connectivity index is 1.62. The smallest absolute Gasteiger partial charge is 0.317 e. The minimum atomic E-state index is -0.0916. The molecule has 0 atom stereocenters. The quantitative estimate of drug-likeness (QED) is 0.767. The summed E-state index contributed by atoms with van der Waals surface area (Å²) in [4.78, 5) is 17.1. The average Bonchev–Trinajstić information content (AvgIpc) is 2.74. The standard InChI is InChI=1S/C21H33N3O3/c25-14-11-23(17-19-7-3-1-4-8-19)20(26)22-18-21(9-5-2-6-10-21)24-12-15-27-16-13-24/h1,3-4,7-8,25H,2,5-6,9-18H2,(H,22,26). The van der Waals surface area contributed by atoms with Crippen molar-refractivity contribution < 1.29 is 14.6 Å². The lowest BCUT2D eigenvalue weighted by Crippen LogP contribution is -2.60. The molecule has 0 unspecified atom stereocenters. The van der Waals surface area contributed by atoms with E-state index in [4.69, 9.17) is 4.74 Å². The first-order chi connectivity index (χ1) is 13.2. The Morgan fingerprint density at radius 3 is 2.52 bits per heavy atom. The van der Waals surface area contributed by atoms with Gasteiger partial charge in [-0.3, -0.25) is 4.90 Å². The summed E-state index contributed by atoms with van der Waals surface area (Å²) < 4.78 is 5.53. The lowest BCUT2D eigenvalue weighted by Gasteiger charge is -2.48. The van der Waals surface area contributed by atoms with Gasteiger partial charge in [-0.2, -0.15) is 0 Å². The van der Waals surface area contributed by atoms with Crippen LogP contribution in [0.5, 0.6) is 0 Å².